The molecule has 8 N–H and O–H groups in total. The molecule has 2 heterocycles. The lowest BCUT2D eigenvalue weighted by atomic mass is 9.98. The Hall–Kier alpha value is -0.440. The minimum absolute atomic E-state index is 0.667. The van der Waals surface area contributed by atoms with Crippen LogP contribution in [0, 0.1) is 0 Å². The molecular formula is C12H22O11. The van der Waals surface area contributed by atoms with Gasteiger partial charge in [-0.2, -0.15) is 0 Å². The highest BCUT2D eigenvalue weighted by Gasteiger charge is 2.49. The van der Waals surface area contributed by atoms with Crippen molar-refractivity contribution in [3.8, 4) is 0 Å². The van der Waals surface area contributed by atoms with E-state index in [1.165, 1.54) is 0 Å². The van der Waals surface area contributed by atoms with E-state index in [1.807, 2.05) is 0 Å². The van der Waals surface area contributed by atoms with Gasteiger partial charge in [-0.1, -0.05) is 0 Å². The van der Waals surface area contributed by atoms with E-state index in [2.05, 4.69) is 0 Å². The van der Waals surface area contributed by atoms with Crippen LogP contribution < -0.4 is 0 Å². The maximum absolute atomic E-state index is 9.84. The first-order valence-electron chi connectivity index (χ1n) is 7.08. The summed E-state index contributed by atoms with van der Waals surface area (Å²) in [6.07, 6.45) is -15.6. The molecule has 2 fully saturated rings. The molecule has 23 heavy (non-hydrogen) atoms. The maximum Gasteiger partial charge on any atom is 0.189 e. The predicted octanol–water partition coefficient (Wildman–Crippen LogP) is -5.40. The van der Waals surface area contributed by atoms with Gasteiger partial charge in [0.25, 0.3) is 0 Å². The van der Waals surface area contributed by atoms with Crippen LogP contribution in [0.2, 0.25) is 0 Å². The van der Waals surface area contributed by atoms with Crippen molar-refractivity contribution in [2.75, 3.05) is 13.2 Å². The van der Waals surface area contributed by atoms with Crippen LogP contribution >= 0.6 is 0 Å². The van der Waals surface area contributed by atoms with Crippen LogP contribution in [0.4, 0.5) is 0 Å². The van der Waals surface area contributed by atoms with Crippen molar-refractivity contribution in [3.05, 3.63) is 0 Å². The fourth-order valence-electron chi connectivity index (χ4n) is 2.49. The van der Waals surface area contributed by atoms with Crippen LogP contribution in [-0.4, -0.2) is 115 Å². The summed E-state index contributed by atoms with van der Waals surface area (Å²) in [5, 5.41) is 76.4. The average Bonchev–Trinajstić information content (AvgIpc) is 2.55. The molecule has 0 aromatic rings. The summed E-state index contributed by atoms with van der Waals surface area (Å²) in [6, 6.07) is 0. The fourth-order valence-corrected chi connectivity index (χ4v) is 2.49. The van der Waals surface area contributed by atoms with Crippen LogP contribution in [-0.2, 0) is 14.2 Å². The van der Waals surface area contributed by atoms with Crippen molar-refractivity contribution in [2.45, 2.75) is 61.4 Å². The molecule has 11 nitrogen and oxygen atoms in total. The standard InChI is InChI=1S/C12H22O11/c13-1-3-5(15)7(17)9(19)11(21-3)23-12-10(20)8(18)6(16)4(2-14)22-12/h3-20H,1-2H2/t3-,4-,5+,6+,7?,8?,9-,10-,11-,12-/m1/s1. The van der Waals surface area contributed by atoms with Crippen LogP contribution in [0.1, 0.15) is 0 Å². The summed E-state index contributed by atoms with van der Waals surface area (Å²) in [4.78, 5) is 0. The average molecular weight is 342 g/mol. The molecule has 0 aromatic carbocycles. The van der Waals surface area contributed by atoms with Crippen LogP contribution in [0.15, 0.2) is 0 Å². The van der Waals surface area contributed by atoms with Crippen molar-refractivity contribution in [3.63, 3.8) is 0 Å². The smallest absolute Gasteiger partial charge is 0.189 e. The topological polar surface area (TPSA) is 190 Å². The van der Waals surface area contributed by atoms with E-state index in [0.29, 0.717) is 0 Å². The number of aliphatic hydroxyl groups excluding tert-OH is 8. The third-order valence-corrected chi connectivity index (χ3v) is 3.97. The molecule has 0 amide bonds. The number of rotatable bonds is 4. The van der Waals surface area contributed by atoms with Crippen molar-refractivity contribution < 1.29 is 55.1 Å². The monoisotopic (exact) mass is 342 g/mol. The van der Waals surface area contributed by atoms with E-state index in [0.717, 1.165) is 0 Å². The zero-order valence-corrected chi connectivity index (χ0v) is 12.0. The summed E-state index contributed by atoms with van der Waals surface area (Å²) < 4.78 is 15.3. The molecule has 10 atom stereocenters. The molecule has 2 unspecified atom stereocenters. The predicted molar refractivity (Wildman–Crippen MR) is 68.6 cm³/mol. The number of ether oxygens (including phenoxy) is 3. The quantitative estimate of drug-likeness (QED) is 0.243. The van der Waals surface area contributed by atoms with E-state index in [1.54, 1.807) is 0 Å². The third-order valence-electron chi connectivity index (χ3n) is 3.97. The van der Waals surface area contributed by atoms with Crippen LogP contribution in [0.3, 0.4) is 0 Å². The first-order chi connectivity index (χ1) is 10.8. The lowest BCUT2D eigenvalue weighted by Gasteiger charge is -2.44. The molecule has 2 aliphatic heterocycles. The Labute approximate surface area is 130 Å². The highest BCUT2D eigenvalue weighted by Crippen LogP contribution is 2.27. The SMILES string of the molecule is OC[C@H]1O[C@H](O[C@H]2O[C@H](CO)[C@H](O)C(O)[C@H]2O)[C@H](O)C(O)[C@H]1O. The number of hydrogen-bond donors (Lipinski definition) is 8. The first kappa shape index (κ1) is 18.9. The molecule has 11 heteroatoms. The summed E-state index contributed by atoms with van der Waals surface area (Å²) >= 11 is 0. The largest absolute Gasteiger partial charge is 0.394 e. The van der Waals surface area contributed by atoms with E-state index in [9.17, 15) is 30.6 Å². The lowest BCUT2D eigenvalue weighted by molar-refractivity contribution is -0.376. The van der Waals surface area contributed by atoms with Crippen LogP contribution in [0.25, 0.3) is 0 Å². The van der Waals surface area contributed by atoms with E-state index in [-0.39, 0.29) is 0 Å². The van der Waals surface area contributed by atoms with Gasteiger partial charge in [-0.3, -0.25) is 0 Å². The molecule has 0 aromatic heterocycles. The molecule has 2 aliphatic rings. The normalized spacial score (nSPS) is 51.7. The van der Waals surface area contributed by atoms with E-state index in [4.69, 9.17) is 24.4 Å². The van der Waals surface area contributed by atoms with Gasteiger partial charge in [0.15, 0.2) is 12.6 Å². The Morgan fingerprint density at radius 3 is 1.22 bits per heavy atom. The van der Waals surface area contributed by atoms with Crippen LogP contribution in [0.5, 0.6) is 0 Å². The molecule has 2 rings (SSSR count). The van der Waals surface area contributed by atoms with Crippen molar-refractivity contribution >= 4 is 0 Å². The molecule has 0 bridgehead atoms. The van der Waals surface area contributed by atoms with Crippen molar-refractivity contribution in [2.24, 2.45) is 0 Å². The van der Waals surface area contributed by atoms with Gasteiger partial charge in [-0.25, -0.2) is 0 Å². The van der Waals surface area contributed by atoms with Gasteiger partial charge in [-0.15, -0.1) is 0 Å². The van der Waals surface area contributed by atoms with Gasteiger partial charge in [0.05, 0.1) is 13.2 Å². The highest BCUT2D eigenvalue weighted by molar-refractivity contribution is 4.92. The van der Waals surface area contributed by atoms with Crippen molar-refractivity contribution in [1.82, 2.24) is 0 Å². The Balaban J connectivity index is 2.07. The Kier molecular flexibility index (Phi) is 6.27. The minimum atomic E-state index is -1.72. The summed E-state index contributed by atoms with van der Waals surface area (Å²) in [5.74, 6) is 0. The molecule has 0 spiro atoms. The van der Waals surface area contributed by atoms with Gasteiger partial charge >= 0.3 is 0 Å². The van der Waals surface area contributed by atoms with Gasteiger partial charge in [0, 0.05) is 0 Å². The first-order valence-corrected chi connectivity index (χ1v) is 7.08. The zero-order chi connectivity index (χ0) is 17.3. The second-order valence-corrected chi connectivity index (χ2v) is 5.53. The molecule has 136 valence electrons. The summed E-state index contributed by atoms with van der Waals surface area (Å²) in [7, 11) is 0. The minimum Gasteiger partial charge on any atom is -0.394 e. The van der Waals surface area contributed by atoms with Gasteiger partial charge in [-0.05, 0) is 0 Å². The van der Waals surface area contributed by atoms with Gasteiger partial charge in [0.1, 0.15) is 48.8 Å². The Morgan fingerprint density at radius 1 is 0.565 bits per heavy atom. The van der Waals surface area contributed by atoms with Gasteiger partial charge in [0.2, 0.25) is 0 Å². The lowest BCUT2D eigenvalue weighted by Crippen LogP contribution is -2.63. The second kappa shape index (κ2) is 7.63. The molecule has 0 aliphatic carbocycles. The summed E-state index contributed by atoms with van der Waals surface area (Å²) in [5.41, 5.74) is 0. The molecule has 2 saturated heterocycles. The molecular weight excluding hydrogens is 320 g/mol. The second-order valence-electron chi connectivity index (χ2n) is 5.53. The Bertz CT molecular complexity index is 344. The van der Waals surface area contributed by atoms with E-state index >= 15 is 0 Å². The molecule has 0 saturated carbocycles. The fraction of sp³-hybridized carbons (Fsp3) is 1.00. The number of aliphatic hydroxyl groups is 8. The number of hydrogen-bond acceptors (Lipinski definition) is 11. The third kappa shape index (κ3) is 3.65. The molecule has 0 radical (unpaired) electrons. The van der Waals surface area contributed by atoms with Crippen molar-refractivity contribution in [1.29, 1.82) is 0 Å². The summed E-state index contributed by atoms with van der Waals surface area (Å²) in [6.45, 7) is -1.33. The zero-order valence-electron chi connectivity index (χ0n) is 12.0. The Morgan fingerprint density at radius 2 is 0.913 bits per heavy atom. The maximum atomic E-state index is 9.84. The van der Waals surface area contributed by atoms with E-state index < -0.39 is 74.6 Å². The van der Waals surface area contributed by atoms with Gasteiger partial charge < -0.3 is 55.1 Å². The highest BCUT2D eigenvalue weighted by atomic mass is 16.8.